The van der Waals surface area contributed by atoms with Crippen LogP contribution in [0.25, 0.3) is 0 Å². The fraction of sp³-hybridized carbons (Fsp3) is 0.786. The molecule has 1 unspecified atom stereocenters. The summed E-state index contributed by atoms with van der Waals surface area (Å²) in [6.45, 7) is 5.40. The Morgan fingerprint density at radius 1 is 1.33 bits per heavy atom. The average Bonchev–Trinajstić information content (AvgIpc) is 2.74. The summed E-state index contributed by atoms with van der Waals surface area (Å²) in [5.74, 6) is -0.768. The number of aliphatic carboxylic acids is 1. The van der Waals surface area contributed by atoms with E-state index in [-0.39, 0.29) is 19.0 Å². The average molecular weight is 299 g/mol. The summed E-state index contributed by atoms with van der Waals surface area (Å²) in [4.78, 5) is 35.9. The summed E-state index contributed by atoms with van der Waals surface area (Å²) in [7, 11) is 0. The van der Waals surface area contributed by atoms with Gasteiger partial charge in [-0.3, -0.25) is 19.8 Å². The van der Waals surface area contributed by atoms with Gasteiger partial charge in [0.15, 0.2) is 0 Å². The molecule has 0 aromatic heterocycles. The molecule has 7 heteroatoms. The molecule has 3 amide bonds. The Bertz CT molecular complexity index is 384. The van der Waals surface area contributed by atoms with Crippen LogP contribution in [0.3, 0.4) is 0 Å². The van der Waals surface area contributed by atoms with Crippen molar-refractivity contribution >= 4 is 17.9 Å². The number of nitrogens with one attached hydrogen (secondary N) is 2. The van der Waals surface area contributed by atoms with E-state index in [1.54, 1.807) is 0 Å². The van der Waals surface area contributed by atoms with E-state index in [2.05, 4.69) is 24.5 Å². The molecule has 1 saturated heterocycles. The van der Waals surface area contributed by atoms with E-state index in [1.165, 1.54) is 0 Å². The summed E-state index contributed by atoms with van der Waals surface area (Å²) in [5, 5.41) is 13.7. The fourth-order valence-electron chi connectivity index (χ4n) is 2.41. The molecule has 0 aliphatic carbocycles. The third-order valence-electron chi connectivity index (χ3n) is 3.52. The number of carboxylic acid groups (broad SMARTS) is 1. The minimum atomic E-state index is -0.862. The Morgan fingerprint density at radius 3 is 2.67 bits per heavy atom. The summed E-state index contributed by atoms with van der Waals surface area (Å²) in [6, 6.07) is -0.605. The second kappa shape index (κ2) is 8.61. The predicted octanol–water partition coefficient (Wildman–Crippen LogP) is 0.797. The zero-order valence-electron chi connectivity index (χ0n) is 12.7. The van der Waals surface area contributed by atoms with Crippen molar-refractivity contribution in [2.75, 3.05) is 19.6 Å². The number of imide groups is 1. The van der Waals surface area contributed by atoms with Crippen molar-refractivity contribution in [1.29, 1.82) is 0 Å². The third kappa shape index (κ3) is 7.08. The molecule has 0 spiro atoms. The quantitative estimate of drug-likeness (QED) is 0.646. The molecule has 1 heterocycles. The Hall–Kier alpha value is -1.63. The molecular formula is C14H25N3O4. The normalized spacial score (nSPS) is 18.7. The van der Waals surface area contributed by atoms with Gasteiger partial charge in [0, 0.05) is 12.6 Å². The Balaban J connectivity index is 2.29. The molecule has 1 rings (SSSR count). The number of carbonyl (C=O) groups excluding carboxylic acids is 2. The molecule has 0 aromatic carbocycles. The number of carbonyl (C=O) groups is 3. The molecule has 7 nitrogen and oxygen atoms in total. The lowest BCUT2D eigenvalue weighted by molar-refractivity contribution is -0.138. The van der Waals surface area contributed by atoms with Gasteiger partial charge in [0.25, 0.3) is 0 Å². The highest BCUT2D eigenvalue weighted by Crippen LogP contribution is 2.19. The number of nitrogens with zero attached hydrogens (tertiary/aromatic N) is 1. The van der Waals surface area contributed by atoms with Crippen molar-refractivity contribution in [3.05, 3.63) is 0 Å². The van der Waals surface area contributed by atoms with Crippen LogP contribution in [0.15, 0.2) is 0 Å². The smallest absolute Gasteiger partial charge is 0.321 e. The molecule has 0 aromatic rings. The van der Waals surface area contributed by atoms with Gasteiger partial charge in [-0.05, 0) is 31.7 Å². The maximum atomic E-state index is 11.8. The SMILES string of the molecule is CC(C)CCNC(=O)NC(=O)CN1CCCC1CC(=O)O. The van der Waals surface area contributed by atoms with Crippen LogP contribution in [0, 0.1) is 5.92 Å². The van der Waals surface area contributed by atoms with Crippen LogP contribution < -0.4 is 10.6 Å². The van der Waals surface area contributed by atoms with Crippen LogP contribution >= 0.6 is 0 Å². The predicted molar refractivity (Wildman–Crippen MR) is 77.8 cm³/mol. The van der Waals surface area contributed by atoms with Crippen molar-refractivity contribution in [2.24, 2.45) is 5.92 Å². The lowest BCUT2D eigenvalue weighted by atomic mass is 10.1. The summed E-state index contributed by atoms with van der Waals surface area (Å²) < 4.78 is 0. The summed E-state index contributed by atoms with van der Waals surface area (Å²) >= 11 is 0. The second-order valence-corrected chi connectivity index (χ2v) is 5.85. The zero-order valence-corrected chi connectivity index (χ0v) is 12.7. The number of urea groups is 1. The van der Waals surface area contributed by atoms with Crippen LogP contribution in [0.5, 0.6) is 0 Å². The summed E-state index contributed by atoms with van der Waals surface area (Å²) in [5.41, 5.74) is 0. The van der Waals surface area contributed by atoms with Crippen LogP contribution in [0.2, 0.25) is 0 Å². The van der Waals surface area contributed by atoms with Gasteiger partial charge in [0.05, 0.1) is 13.0 Å². The van der Waals surface area contributed by atoms with Gasteiger partial charge in [0.1, 0.15) is 0 Å². The molecule has 1 aliphatic rings. The van der Waals surface area contributed by atoms with E-state index in [0.717, 1.165) is 19.3 Å². The fourth-order valence-corrected chi connectivity index (χ4v) is 2.41. The van der Waals surface area contributed by atoms with Gasteiger partial charge < -0.3 is 10.4 Å². The van der Waals surface area contributed by atoms with Crippen LogP contribution in [0.4, 0.5) is 4.79 Å². The number of likely N-dealkylation sites (tertiary alicyclic amines) is 1. The first kappa shape index (κ1) is 17.4. The van der Waals surface area contributed by atoms with Crippen molar-refractivity contribution in [3.8, 4) is 0 Å². The number of amides is 3. The zero-order chi connectivity index (χ0) is 15.8. The van der Waals surface area contributed by atoms with Gasteiger partial charge >= 0.3 is 12.0 Å². The molecule has 120 valence electrons. The van der Waals surface area contributed by atoms with Gasteiger partial charge in [-0.1, -0.05) is 13.8 Å². The molecular weight excluding hydrogens is 274 g/mol. The van der Waals surface area contributed by atoms with Gasteiger partial charge in [0.2, 0.25) is 5.91 Å². The van der Waals surface area contributed by atoms with E-state index < -0.39 is 17.9 Å². The molecule has 0 bridgehead atoms. The molecule has 0 saturated carbocycles. The summed E-state index contributed by atoms with van der Waals surface area (Å²) in [6.07, 6.45) is 2.55. The molecule has 3 N–H and O–H groups in total. The number of hydrogen-bond acceptors (Lipinski definition) is 4. The third-order valence-corrected chi connectivity index (χ3v) is 3.52. The standard InChI is InChI=1S/C14H25N3O4/c1-10(2)5-6-15-14(21)16-12(18)9-17-7-3-4-11(17)8-13(19)20/h10-11H,3-9H2,1-2H3,(H,19,20)(H2,15,16,18,21). The molecule has 1 aliphatic heterocycles. The maximum Gasteiger partial charge on any atom is 0.321 e. The number of hydrogen-bond donors (Lipinski definition) is 3. The Morgan fingerprint density at radius 2 is 2.05 bits per heavy atom. The monoisotopic (exact) mass is 299 g/mol. The van der Waals surface area contributed by atoms with E-state index in [9.17, 15) is 14.4 Å². The first-order valence-corrected chi connectivity index (χ1v) is 7.42. The van der Waals surface area contributed by atoms with E-state index >= 15 is 0 Å². The lowest BCUT2D eigenvalue weighted by Crippen LogP contribution is -2.46. The minimum Gasteiger partial charge on any atom is -0.481 e. The molecule has 0 radical (unpaired) electrons. The van der Waals surface area contributed by atoms with Crippen LogP contribution in [0.1, 0.15) is 39.5 Å². The highest BCUT2D eigenvalue weighted by molar-refractivity contribution is 5.95. The molecule has 21 heavy (non-hydrogen) atoms. The van der Waals surface area contributed by atoms with Crippen molar-refractivity contribution < 1.29 is 19.5 Å². The largest absolute Gasteiger partial charge is 0.481 e. The van der Waals surface area contributed by atoms with E-state index in [4.69, 9.17) is 5.11 Å². The number of carboxylic acids is 1. The highest BCUT2D eigenvalue weighted by atomic mass is 16.4. The molecule has 1 fully saturated rings. The van der Waals surface area contributed by atoms with E-state index in [1.807, 2.05) is 4.90 Å². The lowest BCUT2D eigenvalue weighted by Gasteiger charge is -2.22. The Labute approximate surface area is 125 Å². The second-order valence-electron chi connectivity index (χ2n) is 5.85. The number of rotatable bonds is 7. The van der Waals surface area contributed by atoms with Crippen LogP contribution in [-0.2, 0) is 9.59 Å². The Kier molecular flexibility index (Phi) is 7.14. The molecule has 1 atom stereocenters. The van der Waals surface area contributed by atoms with E-state index in [0.29, 0.717) is 19.0 Å². The van der Waals surface area contributed by atoms with Crippen molar-refractivity contribution in [2.45, 2.75) is 45.6 Å². The topological polar surface area (TPSA) is 98.7 Å². The first-order chi connectivity index (χ1) is 9.88. The maximum absolute atomic E-state index is 11.8. The van der Waals surface area contributed by atoms with Crippen molar-refractivity contribution in [1.82, 2.24) is 15.5 Å². The highest BCUT2D eigenvalue weighted by Gasteiger charge is 2.28. The minimum absolute atomic E-state index is 0.0356. The first-order valence-electron chi connectivity index (χ1n) is 7.42. The van der Waals surface area contributed by atoms with Crippen LogP contribution in [-0.4, -0.2) is 53.6 Å². The van der Waals surface area contributed by atoms with Gasteiger partial charge in [-0.25, -0.2) is 4.79 Å². The van der Waals surface area contributed by atoms with Crippen molar-refractivity contribution in [3.63, 3.8) is 0 Å². The van der Waals surface area contributed by atoms with Gasteiger partial charge in [-0.15, -0.1) is 0 Å². The van der Waals surface area contributed by atoms with Gasteiger partial charge in [-0.2, -0.15) is 0 Å².